The number of carbonyl (C=O) groups is 1. The number of hydrogen-bond donors (Lipinski definition) is 1. The van der Waals surface area contributed by atoms with Gasteiger partial charge in [-0.1, -0.05) is 0 Å². The zero-order chi connectivity index (χ0) is 19.6. The molecule has 0 saturated heterocycles. The molecule has 29 heavy (non-hydrogen) atoms. The second-order valence-corrected chi connectivity index (χ2v) is 9.94. The number of nitrogens with one attached hydrogen (secondary N) is 1. The molecule has 5 rings (SSSR count). The van der Waals surface area contributed by atoms with Crippen molar-refractivity contribution < 1.29 is 9.21 Å². The van der Waals surface area contributed by atoms with E-state index in [1.165, 1.54) is 4.80 Å². The van der Waals surface area contributed by atoms with Crippen molar-refractivity contribution in [3.8, 4) is 5.69 Å². The molecule has 2 aromatic heterocycles. The van der Waals surface area contributed by atoms with E-state index in [0.29, 0.717) is 16.0 Å². The van der Waals surface area contributed by atoms with Crippen molar-refractivity contribution in [1.82, 2.24) is 25.3 Å². The van der Waals surface area contributed by atoms with Gasteiger partial charge in [-0.3, -0.25) is 0 Å². The average Bonchev–Trinajstić information content (AvgIpc) is 3.49. The summed E-state index contributed by atoms with van der Waals surface area (Å²) in [4.78, 5) is 19.0. The van der Waals surface area contributed by atoms with Crippen LogP contribution in [0.15, 0.2) is 65.3 Å². The summed E-state index contributed by atoms with van der Waals surface area (Å²) in [5, 5.41) is 11.5. The van der Waals surface area contributed by atoms with Gasteiger partial charge in [-0.15, -0.1) is 0 Å². The first-order valence-corrected chi connectivity index (χ1v) is 11.6. The van der Waals surface area contributed by atoms with E-state index in [0.717, 1.165) is 35.0 Å². The van der Waals surface area contributed by atoms with Crippen LogP contribution in [0.1, 0.15) is 29.6 Å². The van der Waals surface area contributed by atoms with Crippen LogP contribution in [0.5, 0.6) is 0 Å². The Balaban J connectivity index is 1.24. The fourth-order valence-electron chi connectivity index (χ4n) is 3.72. The number of benzene rings is 2. The molecule has 4 aromatic rings. The van der Waals surface area contributed by atoms with Crippen molar-refractivity contribution in [3.05, 3.63) is 66.5 Å². The fraction of sp³-hybridized carbons (Fsp3) is 0.238. The summed E-state index contributed by atoms with van der Waals surface area (Å²) in [5.74, 6) is -0.0818. The number of oxazole rings is 1. The van der Waals surface area contributed by atoms with Gasteiger partial charge in [-0.25, -0.2) is 0 Å². The molecule has 0 bridgehead atoms. The summed E-state index contributed by atoms with van der Waals surface area (Å²) >= 11 is -0.157. The molecule has 1 fully saturated rings. The van der Waals surface area contributed by atoms with Crippen molar-refractivity contribution >= 4 is 37.4 Å². The molecule has 1 N–H and O–H groups in total. The maximum atomic E-state index is 12.9. The van der Waals surface area contributed by atoms with Gasteiger partial charge in [0.15, 0.2) is 0 Å². The molecule has 1 saturated carbocycles. The first-order chi connectivity index (χ1) is 14.3. The van der Waals surface area contributed by atoms with Crippen LogP contribution in [0.2, 0.25) is 4.71 Å². The summed E-state index contributed by atoms with van der Waals surface area (Å²) in [6.07, 6.45) is 6.24. The summed E-state index contributed by atoms with van der Waals surface area (Å²) in [5.41, 5.74) is 3.04. The Morgan fingerprint density at radius 1 is 1.07 bits per heavy atom. The molecular formula is C21H19AsN5O2. The summed E-state index contributed by atoms with van der Waals surface area (Å²) in [6, 6.07) is 15.4. The number of para-hydroxylation sites is 3. The van der Waals surface area contributed by atoms with Gasteiger partial charge in [0.1, 0.15) is 0 Å². The third-order valence-corrected chi connectivity index (χ3v) is 7.71. The summed E-state index contributed by atoms with van der Waals surface area (Å²) < 4.78 is 7.32. The molecule has 0 spiro atoms. The second-order valence-electron chi connectivity index (χ2n) is 7.07. The normalized spacial score (nSPS) is 19.3. The summed E-state index contributed by atoms with van der Waals surface area (Å²) in [6.45, 7) is 0. The van der Waals surface area contributed by atoms with Crippen molar-refractivity contribution in [1.29, 1.82) is 0 Å². The molecule has 1 aliphatic carbocycles. The molecule has 2 unspecified atom stereocenters. The molecule has 2 aromatic carbocycles. The molecule has 8 heteroatoms. The number of aromatic nitrogens is 4. The number of hydrogen-bond acceptors (Lipinski definition) is 5. The molecule has 1 aliphatic rings. The molecule has 2 atom stereocenters. The topological polar surface area (TPSA) is 85.8 Å². The maximum absolute atomic E-state index is 12.9. The van der Waals surface area contributed by atoms with Gasteiger partial charge >= 0.3 is 174 Å². The van der Waals surface area contributed by atoms with E-state index in [-0.39, 0.29) is 27.7 Å². The molecular weight excluding hydrogens is 429 g/mol. The Bertz CT molecular complexity index is 1110. The van der Waals surface area contributed by atoms with Gasteiger partial charge in [0.05, 0.1) is 0 Å². The predicted molar refractivity (Wildman–Crippen MR) is 110 cm³/mol. The van der Waals surface area contributed by atoms with E-state index in [1.54, 1.807) is 12.4 Å². The molecule has 145 valence electrons. The van der Waals surface area contributed by atoms with E-state index in [4.69, 9.17) is 4.42 Å². The average molecular weight is 448 g/mol. The Hall–Kier alpha value is -2.92. The zero-order valence-electron chi connectivity index (χ0n) is 15.6. The quantitative estimate of drug-likeness (QED) is 0.475. The monoisotopic (exact) mass is 448 g/mol. The Kier molecular flexibility index (Phi) is 4.90. The van der Waals surface area contributed by atoms with Crippen LogP contribution in [-0.4, -0.2) is 47.7 Å². The molecule has 2 heterocycles. The van der Waals surface area contributed by atoms with Crippen LogP contribution < -0.4 is 10.00 Å². The van der Waals surface area contributed by atoms with Crippen molar-refractivity contribution in [2.45, 2.75) is 30.0 Å². The number of nitrogens with zero attached hydrogens (tertiary/aromatic N) is 4. The second kappa shape index (κ2) is 7.83. The van der Waals surface area contributed by atoms with Crippen LogP contribution in [0.3, 0.4) is 0 Å². The van der Waals surface area contributed by atoms with E-state index >= 15 is 0 Å². The Morgan fingerprint density at radius 3 is 2.72 bits per heavy atom. The minimum atomic E-state index is -0.157. The Labute approximate surface area is 174 Å². The minimum absolute atomic E-state index is 0.0818. The van der Waals surface area contributed by atoms with Gasteiger partial charge in [0.25, 0.3) is 0 Å². The standard InChI is InChI=1S/C21H19AsN5O2/c28-20(16-5-1-3-7-18(16)27-23-11-12-24-27)25-15-10-9-14(13-15)22-21-26-17-6-2-4-8-19(17)29-21/h1-8,11-12,14-15H,9-10,13H2,(H,25,28). The Morgan fingerprint density at radius 2 is 1.86 bits per heavy atom. The third kappa shape index (κ3) is 3.83. The first-order valence-electron chi connectivity index (χ1n) is 9.59. The van der Waals surface area contributed by atoms with Gasteiger partial charge in [-0.05, 0) is 0 Å². The number of carbonyl (C=O) groups excluding carboxylic acids is 1. The van der Waals surface area contributed by atoms with Gasteiger partial charge in [-0.2, -0.15) is 0 Å². The van der Waals surface area contributed by atoms with E-state index in [1.807, 2.05) is 48.5 Å². The molecule has 0 aliphatic heterocycles. The van der Waals surface area contributed by atoms with Gasteiger partial charge < -0.3 is 0 Å². The van der Waals surface area contributed by atoms with Crippen LogP contribution in [-0.2, 0) is 0 Å². The zero-order valence-corrected chi connectivity index (χ0v) is 17.5. The molecule has 7 nitrogen and oxygen atoms in total. The van der Waals surface area contributed by atoms with Crippen LogP contribution in [0.4, 0.5) is 0 Å². The van der Waals surface area contributed by atoms with Crippen LogP contribution in [0, 0.1) is 0 Å². The van der Waals surface area contributed by atoms with E-state index < -0.39 is 0 Å². The third-order valence-electron chi connectivity index (χ3n) is 5.10. The number of fused-ring (bicyclic) bond motifs is 1. The number of rotatable bonds is 5. The van der Waals surface area contributed by atoms with Gasteiger partial charge in [0.2, 0.25) is 0 Å². The van der Waals surface area contributed by atoms with E-state index in [2.05, 4.69) is 20.5 Å². The molecule has 1 amide bonds. The predicted octanol–water partition coefficient (Wildman–Crippen LogP) is 2.51. The summed E-state index contributed by atoms with van der Waals surface area (Å²) in [7, 11) is 0. The first kappa shape index (κ1) is 18.1. The van der Waals surface area contributed by atoms with E-state index in [9.17, 15) is 4.79 Å². The SMILES string of the molecule is O=C(NC1CCC([As]c2nc3ccccc3o2)C1)c1ccccc1-n1nccn1. The van der Waals surface area contributed by atoms with Crippen LogP contribution >= 0.6 is 0 Å². The van der Waals surface area contributed by atoms with Crippen molar-refractivity contribution in [2.24, 2.45) is 0 Å². The fourth-order valence-corrected chi connectivity index (χ4v) is 6.38. The van der Waals surface area contributed by atoms with Crippen molar-refractivity contribution in [3.63, 3.8) is 0 Å². The molecule has 1 radical (unpaired) electrons. The van der Waals surface area contributed by atoms with Crippen molar-refractivity contribution in [2.75, 3.05) is 0 Å². The van der Waals surface area contributed by atoms with Gasteiger partial charge in [0, 0.05) is 0 Å². The van der Waals surface area contributed by atoms with Crippen LogP contribution in [0.25, 0.3) is 16.8 Å². The number of amides is 1.